The van der Waals surface area contributed by atoms with E-state index >= 15 is 0 Å². The lowest BCUT2D eigenvalue weighted by atomic mass is 9.82. The number of fused-ring (bicyclic) bond motifs is 3. The number of nitrogens with zero attached hydrogens (tertiary/aromatic N) is 1. The molecule has 0 bridgehead atoms. The van der Waals surface area contributed by atoms with Gasteiger partial charge >= 0.3 is 0 Å². The molecule has 0 fully saturated rings. The van der Waals surface area contributed by atoms with E-state index < -0.39 is 6.04 Å². The first kappa shape index (κ1) is 24.2. The first-order valence-corrected chi connectivity index (χ1v) is 11.4. The zero-order valence-electron chi connectivity index (χ0n) is 20.9. The van der Waals surface area contributed by atoms with Crippen LogP contribution in [0, 0.1) is 13.8 Å². The Hall–Kier alpha value is -2.97. The molecule has 3 atom stereocenters. The minimum absolute atomic E-state index is 0.0711. The summed E-state index contributed by atoms with van der Waals surface area (Å²) in [7, 11) is 8.34. The summed E-state index contributed by atoms with van der Waals surface area (Å²) in [5.41, 5.74) is 5.47. The molecule has 2 aliphatic rings. The van der Waals surface area contributed by atoms with Gasteiger partial charge in [-0.15, -0.1) is 0 Å². The maximum atomic E-state index is 13.8. The number of aliphatic hydroxyl groups excluding tert-OH is 1. The Bertz CT molecular complexity index is 1120. The molecule has 184 valence electrons. The van der Waals surface area contributed by atoms with E-state index in [1.54, 1.807) is 28.4 Å². The minimum atomic E-state index is -0.565. The topological polar surface area (TPSA) is 89.5 Å². The van der Waals surface area contributed by atoms with Crippen LogP contribution in [0.5, 0.6) is 23.0 Å². The van der Waals surface area contributed by atoms with Gasteiger partial charge in [0, 0.05) is 16.7 Å². The minimum Gasteiger partial charge on any atom is -0.496 e. The third-order valence-corrected chi connectivity index (χ3v) is 7.27. The lowest BCUT2D eigenvalue weighted by Crippen LogP contribution is -2.52. The van der Waals surface area contributed by atoms with Crippen LogP contribution in [0.15, 0.2) is 12.1 Å². The van der Waals surface area contributed by atoms with E-state index in [1.807, 2.05) is 31.9 Å². The third kappa shape index (κ3) is 3.47. The molecule has 2 heterocycles. The second-order valence-corrected chi connectivity index (χ2v) is 8.85. The Morgan fingerprint density at radius 3 is 2.26 bits per heavy atom. The monoisotopic (exact) mass is 470 g/mol. The van der Waals surface area contributed by atoms with Gasteiger partial charge in [0.25, 0.3) is 0 Å². The number of ether oxygens (including phenoxy) is 4. The first-order valence-electron chi connectivity index (χ1n) is 11.4. The predicted octanol–water partition coefficient (Wildman–Crippen LogP) is 2.64. The highest BCUT2D eigenvalue weighted by Gasteiger charge is 2.46. The summed E-state index contributed by atoms with van der Waals surface area (Å²) in [6.07, 6.45) is 0.761. The van der Waals surface area contributed by atoms with Crippen LogP contribution in [-0.2, 0) is 17.6 Å². The van der Waals surface area contributed by atoms with E-state index in [0.29, 0.717) is 29.4 Å². The molecule has 2 aromatic rings. The molecule has 0 radical (unpaired) electrons. The number of amides is 1. The van der Waals surface area contributed by atoms with Gasteiger partial charge in [0.15, 0.2) is 11.5 Å². The summed E-state index contributed by atoms with van der Waals surface area (Å²) < 4.78 is 22.8. The molecule has 0 aromatic heterocycles. The summed E-state index contributed by atoms with van der Waals surface area (Å²) >= 11 is 0. The first-order chi connectivity index (χ1) is 16.4. The van der Waals surface area contributed by atoms with E-state index in [0.717, 1.165) is 33.4 Å². The second-order valence-electron chi connectivity index (χ2n) is 8.85. The number of aryl methyl sites for hydroxylation is 1. The fourth-order valence-corrected chi connectivity index (χ4v) is 5.90. The lowest BCUT2D eigenvalue weighted by Gasteiger charge is -2.45. The van der Waals surface area contributed by atoms with Crippen molar-refractivity contribution in [1.29, 1.82) is 0 Å². The quantitative estimate of drug-likeness (QED) is 0.671. The van der Waals surface area contributed by atoms with Crippen LogP contribution in [-0.4, -0.2) is 64.0 Å². The maximum absolute atomic E-state index is 13.8. The lowest BCUT2D eigenvalue weighted by molar-refractivity contribution is -0.138. The number of benzene rings is 2. The standard InChI is InChI=1S/C26H34N2O6/c1-13-8-15-9-18-23(27-3)16-10-20(31-4)14(2)25(33-6)17(16)11-21(30)28(18)19(12-29)22(15)26(34-7)24(13)32-5/h8,10,18-19,23,27,29H,9,11-12H2,1-7H3/t18-,19-,23?/m0/s1. The van der Waals surface area contributed by atoms with Crippen LogP contribution in [0.3, 0.4) is 0 Å². The summed E-state index contributed by atoms with van der Waals surface area (Å²) in [5.74, 6) is 2.50. The van der Waals surface area contributed by atoms with Crippen molar-refractivity contribution in [1.82, 2.24) is 10.2 Å². The summed E-state index contributed by atoms with van der Waals surface area (Å²) in [6, 6.07) is 3.10. The van der Waals surface area contributed by atoms with Crippen molar-refractivity contribution in [3.05, 3.63) is 45.5 Å². The Balaban J connectivity index is 1.97. The van der Waals surface area contributed by atoms with Crippen LogP contribution in [0.2, 0.25) is 0 Å². The number of likely N-dealkylation sites (N-methyl/N-ethyl adjacent to an activating group) is 1. The highest BCUT2D eigenvalue weighted by Crippen LogP contribution is 2.50. The van der Waals surface area contributed by atoms with Gasteiger partial charge in [0.2, 0.25) is 5.91 Å². The van der Waals surface area contributed by atoms with E-state index in [4.69, 9.17) is 18.9 Å². The molecule has 1 unspecified atom stereocenters. The molecule has 0 saturated heterocycles. The average Bonchev–Trinajstić information content (AvgIpc) is 2.94. The molecule has 2 aliphatic heterocycles. The number of carbonyl (C=O) groups excluding carboxylic acids is 1. The van der Waals surface area contributed by atoms with Crippen molar-refractivity contribution in [3.63, 3.8) is 0 Å². The molecule has 34 heavy (non-hydrogen) atoms. The summed E-state index contributed by atoms with van der Waals surface area (Å²) in [6.45, 7) is 3.68. The Morgan fingerprint density at radius 1 is 1.03 bits per heavy atom. The fourth-order valence-electron chi connectivity index (χ4n) is 5.90. The van der Waals surface area contributed by atoms with Crippen molar-refractivity contribution < 1.29 is 28.8 Å². The fraction of sp³-hybridized carbons (Fsp3) is 0.500. The molecule has 8 nitrogen and oxygen atoms in total. The van der Waals surface area contributed by atoms with Gasteiger partial charge < -0.3 is 34.3 Å². The molecule has 2 aromatic carbocycles. The van der Waals surface area contributed by atoms with Gasteiger partial charge in [0.05, 0.1) is 59.6 Å². The molecule has 0 saturated carbocycles. The largest absolute Gasteiger partial charge is 0.496 e. The van der Waals surface area contributed by atoms with Crippen LogP contribution in [0.1, 0.15) is 45.5 Å². The number of hydrogen-bond acceptors (Lipinski definition) is 7. The molecule has 8 heteroatoms. The zero-order valence-corrected chi connectivity index (χ0v) is 20.9. The Labute approximate surface area is 200 Å². The van der Waals surface area contributed by atoms with Gasteiger partial charge in [-0.05, 0) is 50.1 Å². The molecule has 1 amide bonds. The van der Waals surface area contributed by atoms with Gasteiger partial charge in [-0.25, -0.2) is 0 Å². The predicted molar refractivity (Wildman–Crippen MR) is 128 cm³/mol. The van der Waals surface area contributed by atoms with Crippen molar-refractivity contribution >= 4 is 5.91 Å². The van der Waals surface area contributed by atoms with Crippen LogP contribution in [0.25, 0.3) is 0 Å². The summed E-state index contributed by atoms with van der Waals surface area (Å²) in [4.78, 5) is 15.7. The maximum Gasteiger partial charge on any atom is 0.228 e. The van der Waals surface area contributed by atoms with Crippen LogP contribution in [0.4, 0.5) is 0 Å². The number of carbonyl (C=O) groups is 1. The number of aliphatic hydroxyl groups is 1. The number of methoxy groups -OCH3 is 4. The van der Waals surface area contributed by atoms with Crippen LogP contribution >= 0.6 is 0 Å². The van der Waals surface area contributed by atoms with E-state index in [2.05, 4.69) is 11.4 Å². The molecule has 4 rings (SSSR count). The van der Waals surface area contributed by atoms with Gasteiger partial charge in [-0.1, -0.05) is 6.07 Å². The van der Waals surface area contributed by atoms with E-state index in [9.17, 15) is 9.90 Å². The molecule has 0 spiro atoms. The van der Waals surface area contributed by atoms with Gasteiger partial charge in [-0.3, -0.25) is 4.79 Å². The van der Waals surface area contributed by atoms with Crippen LogP contribution < -0.4 is 24.3 Å². The smallest absolute Gasteiger partial charge is 0.228 e. The summed E-state index contributed by atoms with van der Waals surface area (Å²) in [5, 5.41) is 14.0. The molecule has 2 N–H and O–H groups in total. The van der Waals surface area contributed by atoms with E-state index in [-0.39, 0.29) is 31.0 Å². The molecular formula is C26H34N2O6. The van der Waals surface area contributed by atoms with Crippen molar-refractivity contribution in [2.45, 2.75) is 44.8 Å². The number of nitrogens with one attached hydrogen (secondary N) is 1. The normalized spacial score (nSPS) is 21.2. The average molecular weight is 471 g/mol. The molecular weight excluding hydrogens is 436 g/mol. The highest BCUT2D eigenvalue weighted by molar-refractivity contribution is 5.83. The number of rotatable bonds is 6. The highest BCUT2D eigenvalue weighted by atomic mass is 16.5. The zero-order chi connectivity index (χ0) is 24.7. The van der Waals surface area contributed by atoms with E-state index in [1.165, 1.54) is 0 Å². The Kier molecular flexibility index (Phi) is 6.64. The molecule has 0 aliphatic carbocycles. The van der Waals surface area contributed by atoms with Crippen molar-refractivity contribution in [3.8, 4) is 23.0 Å². The van der Waals surface area contributed by atoms with Crippen molar-refractivity contribution in [2.75, 3.05) is 42.1 Å². The third-order valence-electron chi connectivity index (χ3n) is 7.27. The van der Waals surface area contributed by atoms with Crippen molar-refractivity contribution in [2.24, 2.45) is 0 Å². The van der Waals surface area contributed by atoms with Gasteiger partial charge in [-0.2, -0.15) is 0 Å². The Morgan fingerprint density at radius 2 is 1.71 bits per heavy atom. The second kappa shape index (κ2) is 9.35. The number of hydrogen-bond donors (Lipinski definition) is 2. The SMILES string of the molecule is CNC1c2cc(OC)c(C)c(OC)c2CC(=O)N2[C@@H](CO)c3c(cc(C)c(OC)c3OC)C[C@@H]12. The van der Waals surface area contributed by atoms with Gasteiger partial charge in [0.1, 0.15) is 11.5 Å².